The van der Waals surface area contributed by atoms with Crippen molar-refractivity contribution >= 4 is 22.2 Å². The van der Waals surface area contributed by atoms with Crippen molar-refractivity contribution in [3.8, 4) is 6.07 Å². The largest absolute Gasteiger partial charge is 0.390 e. The molecule has 0 saturated carbocycles. The number of carbonyl (C=O) groups excluding carboxylic acids is 1. The predicted octanol–water partition coefficient (Wildman–Crippen LogP) is 3.65. The van der Waals surface area contributed by atoms with Crippen molar-refractivity contribution < 1.29 is 4.79 Å². The van der Waals surface area contributed by atoms with Gasteiger partial charge in [-0.1, -0.05) is 44.2 Å². The second kappa shape index (κ2) is 6.53. The van der Waals surface area contributed by atoms with E-state index in [9.17, 15) is 10.1 Å². The first-order valence-electron chi connectivity index (χ1n) is 8.55. The number of nitriles is 1. The van der Waals surface area contributed by atoms with Crippen LogP contribution in [0.15, 0.2) is 30.3 Å². The minimum atomic E-state index is -0.593. The van der Waals surface area contributed by atoms with Crippen molar-refractivity contribution in [3.63, 3.8) is 0 Å². The first kappa shape index (κ1) is 17.5. The number of amides is 1. The minimum absolute atomic E-state index is 0.125. The van der Waals surface area contributed by atoms with Gasteiger partial charge in [0.25, 0.3) is 5.91 Å². The summed E-state index contributed by atoms with van der Waals surface area (Å²) in [5.74, 6) is 0.109. The molecule has 0 fully saturated rings. The van der Waals surface area contributed by atoms with E-state index in [-0.39, 0.29) is 5.92 Å². The van der Waals surface area contributed by atoms with Crippen LogP contribution in [-0.2, 0) is 18.3 Å². The normalized spacial score (nSPS) is 22.4. The molecule has 0 spiro atoms. The van der Waals surface area contributed by atoms with Crippen molar-refractivity contribution in [1.82, 2.24) is 0 Å². The van der Waals surface area contributed by atoms with Crippen LogP contribution in [0.3, 0.4) is 0 Å². The van der Waals surface area contributed by atoms with E-state index in [1.54, 1.807) is 0 Å². The smallest absolute Gasteiger partial charge is 0.251 e. The van der Waals surface area contributed by atoms with E-state index >= 15 is 0 Å². The molecule has 2 atom stereocenters. The Bertz CT molecular complexity index is 835. The van der Waals surface area contributed by atoms with Crippen LogP contribution in [0.4, 0.5) is 5.00 Å². The van der Waals surface area contributed by atoms with Crippen LogP contribution in [-0.4, -0.2) is 5.91 Å². The third-order valence-corrected chi connectivity index (χ3v) is 6.26. The minimum Gasteiger partial charge on any atom is -0.390 e. The van der Waals surface area contributed by atoms with Gasteiger partial charge in [-0.05, 0) is 35.8 Å². The van der Waals surface area contributed by atoms with Crippen molar-refractivity contribution in [2.45, 2.75) is 38.5 Å². The number of fused-ring (bicyclic) bond motifs is 1. The van der Waals surface area contributed by atoms with Crippen molar-refractivity contribution in [3.05, 3.63) is 51.9 Å². The molecular weight excluding hydrogens is 330 g/mol. The maximum absolute atomic E-state index is 11.9. The number of anilines is 1. The van der Waals surface area contributed by atoms with Crippen molar-refractivity contribution in [2.24, 2.45) is 17.6 Å². The molecule has 25 heavy (non-hydrogen) atoms. The van der Waals surface area contributed by atoms with E-state index in [4.69, 9.17) is 11.5 Å². The van der Waals surface area contributed by atoms with E-state index in [0.717, 1.165) is 22.4 Å². The van der Waals surface area contributed by atoms with Gasteiger partial charge in [0.15, 0.2) is 0 Å². The van der Waals surface area contributed by atoms with Crippen LogP contribution in [0.5, 0.6) is 0 Å². The molecule has 1 aromatic carbocycles. The second-order valence-corrected chi connectivity index (χ2v) is 8.40. The summed E-state index contributed by atoms with van der Waals surface area (Å²) in [6, 6.07) is 12.6. The maximum Gasteiger partial charge on any atom is 0.251 e. The van der Waals surface area contributed by atoms with Gasteiger partial charge in [0.1, 0.15) is 0 Å². The summed E-state index contributed by atoms with van der Waals surface area (Å²) in [4.78, 5) is 12.9. The van der Waals surface area contributed by atoms with Gasteiger partial charge in [0.05, 0.1) is 22.0 Å². The molecule has 130 valence electrons. The molecule has 1 aromatic heterocycles. The number of benzene rings is 1. The molecule has 1 aliphatic rings. The molecule has 1 amide bonds. The Hall–Kier alpha value is -2.32. The number of primary amides is 1. The monoisotopic (exact) mass is 353 g/mol. The van der Waals surface area contributed by atoms with Crippen molar-refractivity contribution in [1.29, 1.82) is 5.26 Å². The fourth-order valence-electron chi connectivity index (χ4n) is 4.10. The zero-order valence-corrected chi connectivity index (χ0v) is 15.4. The summed E-state index contributed by atoms with van der Waals surface area (Å²) < 4.78 is 0. The molecule has 1 heterocycles. The summed E-state index contributed by atoms with van der Waals surface area (Å²) >= 11 is 1.40. The molecule has 4 nitrogen and oxygen atoms in total. The van der Waals surface area contributed by atoms with Gasteiger partial charge in [-0.25, -0.2) is 0 Å². The molecule has 0 aliphatic heterocycles. The Morgan fingerprint density at radius 2 is 2.08 bits per heavy atom. The highest BCUT2D eigenvalue weighted by atomic mass is 32.1. The average molecular weight is 353 g/mol. The van der Waals surface area contributed by atoms with Crippen LogP contribution in [0.25, 0.3) is 0 Å². The van der Waals surface area contributed by atoms with Crippen LogP contribution >= 0.6 is 11.3 Å². The number of nitrogens with zero attached hydrogens (tertiary/aromatic N) is 1. The molecule has 2 aromatic rings. The third-order valence-electron chi connectivity index (χ3n) is 5.20. The summed E-state index contributed by atoms with van der Waals surface area (Å²) in [6.45, 7) is 4.33. The summed E-state index contributed by atoms with van der Waals surface area (Å²) in [7, 11) is 0. The molecular formula is C20H23N3OS. The second-order valence-electron chi connectivity index (χ2n) is 7.26. The number of hydrogen-bond acceptors (Lipinski definition) is 4. The topological polar surface area (TPSA) is 92.9 Å². The van der Waals surface area contributed by atoms with Gasteiger partial charge >= 0.3 is 0 Å². The molecule has 1 aliphatic carbocycles. The SMILES string of the molecule is CC(C)CC1Cc2c(sc(N)c2C(N)=O)CC1(C#N)c1ccccc1. The lowest BCUT2D eigenvalue weighted by Gasteiger charge is -2.40. The first-order chi connectivity index (χ1) is 11.9. The van der Waals surface area contributed by atoms with Gasteiger partial charge in [-0.15, -0.1) is 11.3 Å². The predicted molar refractivity (Wildman–Crippen MR) is 101 cm³/mol. The van der Waals surface area contributed by atoms with E-state index in [0.29, 0.717) is 29.3 Å². The molecule has 0 saturated heterocycles. The van der Waals surface area contributed by atoms with E-state index in [1.807, 2.05) is 30.3 Å². The summed E-state index contributed by atoms with van der Waals surface area (Å²) in [6.07, 6.45) is 2.17. The Labute approximate surface area is 152 Å². The quantitative estimate of drug-likeness (QED) is 0.878. The summed E-state index contributed by atoms with van der Waals surface area (Å²) in [5, 5.41) is 10.7. The zero-order valence-electron chi connectivity index (χ0n) is 14.6. The molecule has 4 N–H and O–H groups in total. The number of carbonyl (C=O) groups is 1. The van der Waals surface area contributed by atoms with Gasteiger partial charge in [0.2, 0.25) is 0 Å². The highest BCUT2D eigenvalue weighted by Gasteiger charge is 2.46. The highest BCUT2D eigenvalue weighted by molar-refractivity contribution is 7.16. The standard InChI is InChI=1S/C20H23N3OS/c1-12(2)8-14-9-15-16(25-19(23)17(15)18(22)24)10-20(14,11-21)13-6-4-3-5-7-13/h3-7,12,14H,8-10,23H2,1-2H3,(H2,22,24). The number of thiophene rings is 1. The van der Waals surface area contributed by atoms with Gasteiger partial charge in [-0.3, -0.25) is 4.79 Å². The lowest BCUT2D eigenvalue weighted by Crippen LogP contribution is -2.41. The molecule has 0 bridgehead atoms. The molecule has 2 unspecified atom stereocenters. The lowest BCUT2D eigenvalue weighted by atomic mass is 9.61. The van der Waals surface area contributed by atoms with Gasteiger partial charge in [-0.2, -0.15) is 5.26 Å². The number of nitrogens with two attached hydrogens (primary N) is 2. The van der Waals surface area contributed by atoms with E-state index < -0.39 is 11.3 Å². The Morgan fingerprint density at radius 1 is 1.40 bits per heavy atom. The van der Waals surface area contributed by atoms with Crippen LogP contribution < -0.4 is 11.5 Å². The third kappa shape index (κ3) is 2.91. The van der Waals surface area contributed by atoms with E-state index in [1.165, 1.54) is 11.3 Å². The first-order valence-corrected chi connectivity index (χ1v) is 9.37. The molecule has 0 radical (unpaired) electrons. The fourth-order valence-corrected chi connectivity index (χ4v) is 5.30. The number of hydrogen-bond donors (Lipinski definition) is 2. The van der Waals surface area contributed by atoms with Crippen LogP contribution in [0.1, 0.15) is 46.6 Å². The highest BCUT2D eigenvalue weighted by Crippen LogP contribution is 2.49. The molecule has 5 heteroatoms. The number of rotatable bonds is 4. The fraction of sp³-hybridized carbons (Fsp3) is 0.400. The van der Waals surface area contributed by atoms with E-state index in [2.05, 4.69) is 19.9 Å². The zero-order chi connectivity index (χ0) is 18.2. The Balaban J connectivity index is 2.17. The Kier molecular flexibility index (Phi) is 4.57. The van der Waals surface area contributed by atoms with Gasteiger partial charge in [0, 0.05) is 11.3 Å². The summed E-state index contributed by atoms with van der Waals surface area (Å²) in [5.41, 5.74) is 13.5. The van der Waals surface area contributed by atoms with Crippen LogP contribution in [0.2, 0.25) is 0 Å². The van der Waals surface area contributed by atoms with Gasteiger partial charge < -0.3 is 11.5 Å². The Morgan fingerprint density at radius 3 is 2.64 bits per heavy atom. The van der Waals surface area contributed by atoms with Crippen LogP contribution in [0, 0.1) is 23.2 Å². The maximum atomic E-state index is 11.9. The number of nitrogen functional groups attached to an aromatic ring is 1. The molecule has 3 rings (SSSR count). The van der Waals surface area contributed by atoms with Crippen molar-refractivity contribution in [2.75, 3.05) is 5.73 Å². The average Bonchev–Trinajstić information content (AvgIpc) is 2.89. The lowest BCUT2D eigenvalue weighted by molar-refractivity contribution is 0.0999.